The summed E-state index contributed by atoms with van der Waals surface area (Å²) in [7, 11) is 0. The zero-order valence-electron chi connectivity index (χ0n) is 17.7. The molecule has 9 heteroatoms. The predicted octanol–water partition coefficient (Wildman–Crippen LogP) is 2.41. The number of nitrogens with zero attached hydrogens (tertiary/aromatic N) is 4. The monoisotopic (exact) mass is 428 g/mol. The fourth-order valence-electron chi connectivity index (χ4n) is 4.14. The van der Waals surface area contributed by atoms with Crippen LogP contribution in [0, 0.1) is 12.8 Å². The Balaban J connectivity index is 0.000000858. The maximum Gasteiger partial charge on any atom is 0.290 e. The Morgan fingerprint density at radius 3 is 2.55 bits per heavy atom. The van der Waals surface area contributed by atoms with Gasteiger partial charge in [-0.05, 0) is 56.6 Å². The zero-order chi connectivity index (χ0) is 22.2. The number of hydrogen-bond acceptors (Lipinski definition) is 6. The Kier molecular flexibility index (Phi) is 7.75. The largest absolute Gasteiger partial charge is 0.483 e. The lowest BCUT2D eigenvalue weighted by Gasteiger charge is -2.26. The molecule has 31 heavy (non-hydrogen) atoms. The van der Waals surface area contributed by atoms with Crippen molar-refractivity contribution in [2.45, 2.75) is 39.0 Å². The van der Waals surface area contributed by atoms with Crippen molar-refractivity contribution in [3.05, 3.63) is 47.1 Å². The molecule has 166 valence electrons. The first kappa shape index (κ1) is 22.5. The summed E-state index contributed by atoms with van der Waals surface area (Å²) in [6.07, 6.45) is 8.61. The van der Waals surface area contributed by atoms with Crippen molar-refractivity contribution in [3.8, 4) is 0 Å². The molecule has 1 atom stereocenters. The average Bonchev–Trinajstić information content (AvgIpc) is 3.43. The van der Waals surface area contributed by atoms with Gasteiger partial charge in [-0.25, -0.2) is 0 Å². The molecule has 9 nitrogen and oxygen atoms in total. The second-order valence-electron chi connectivity index (χ2n) is 7.97. The zero-order valence-corrected chi connectivity index (χ0v) is 17.7. The molecule has 0 spiro atoms. The molecule has 2 amide bonds. The summed E-state index contributed by atoms with van der Waals surface area (Å²) in [5.74, 6) is 1.00. The molecule has 0 saturated carbocycles. The number of carboxylic acid groups (broad SMARTS) is 1. The van der Waals surface area contributed by atoms with Gasteiger partial charge < -0.3 is 19.4 Å². The summed E-state index contributed by atoms with van der Waals surface area (Å²) in [5, 5.41) is 10.7. The van der Waals surface area contributed by atoms with E-state index in [1.165, 1.54) is 6.42 Å². The quantitative estimate of drug-likeness (QED) is 0.743. The van der Waals surface area contributed by atoms with Crippen LogP contribution in [0.15, 0.2) is 29.0 Å². The van der Waals surface area contributed by atoms with Gasteiger partial charge in [0.1, 0.15) is 5.76 Å². The van der Waals surface area contributed by atoms with Crippen LogP contribution in [0.4, 0.5) is 0 Å². The van der Waals surface area contributed by atoms with Gasteiger partial charge in [-0.15, -0.1) is 0 Å². The Morgan fingerprint density at radius 1 is 1.13 bits per heavy atom. The average molecular weight is 428 g/mol. The highest BCUT2D eigenvalue weighted by molar-refractivity contribution is 5.94. The first-order valence-corrected chi connectivity index (χ1v) is 10.6. The minimum atomic E-state index is -0.250. The predicted molar refractivity (Wildman–Crippen MR) is 112 cm³/mol. The van der Waals surface area contributed by atoms with Gasteiger partial charge >= 0.3 is 0 Å². The highest BCUT2D eigenvalue weighted by Crippen LogP contribution is 2.23. The first-order chi connectivity index (χ1) is 15.0. The van der Waals surface area contributed by atoms with E-state index in [0.29, 0.717) is 29.5 Å². The Labute approximate surface area is 181 Å². The molecule has 4 heterocycles. The summed E-state index contributed by atoms with van der Waals surface area (Å²) in [5.41, 5.74) is 2.09. The van der Waals surface area contributed by atoms with Crippen molar-refractivity contribution < 1.29 is 24.0 Å². The molecule has 0 aromatic carbocycles. The van der Waals surface area contributed by atoms with Crippen LogP contribution in [0.2, 0.25) is 0 Å². The van der Waals surface area contributed by atoms with Crippen molar-refractivity contribution in [2.24, 2.45) is 5.92 Å². The lowest BCUT2D eigenvalue weighted by molar-refractivity contribution is -0.122. The van der Waals surface area contributed by atoms with E-state index in [1.54, 1.807) is 19.2 Å². The van der Waals surface area contributed by atoms with E-state index in [2.05, 4.69) is 10.1 Å². The maximum absolute atomic E-state index is 12.7. The standard InChI is InChI=1S/C21H26N4O3.CH2O2/c1-15-9-19(23-28-15)21(27)25-8-5-16(14-25)10-17-11-18(13-22-12-17)20(26)24-6-3-2-4-7-24;2-1-3/h9,11-13,16H,2-8,10,14H2,1H3;1H,(H,2,3). The van der Waals surface area contributed by atoms with E-state index < -0.39 is 0 Å². The summed E-state index contributed by atoms with van der Waals surface area (Å²) < 4.78 is 5.01. The van der Waals surface area contributed by atoms with Crippen LogP contribution >= 0.6 is 0 Å². The molecular weight excluding hydrogens is 400 g/mol. The Bertz CT molecular complexity index is 907. The second-order valence-corrected chi connectivity index (χ2v) is 7.97. The van der Waals surface area contributed by atoms with Gasteiger partial charge in [0, 0.05) is 44.6 Å². The summed E-state index contributed by atoms with van der Waals surface area (Å²) in [4.78, 5) is 41.6. The summed E-state index contributed by atoms with van der Waals surface area (Å²) in [6, 6.07) is 3.64. The van der Waals surface area contributed by atoms with Crippen molar-refractivity contribution in [3.63, 3.8) is 0 Å². The van der Waals surface area contributed by atoms with Gasteiger partial charge in [0.25, 0.3) is 18.3 Å². The molecular formula is C22H28N4O5. The summed E-state index contributed by atoms with van der Waals surface area (Å²) >= 11 is 0. The van der Waals surface area contributed by atoms with Crippen LogP contribution in [0.5, 0.6) is 0 Å². The number of hydrogen-bond donors (Lipinski definition) is 1. The third kappa shape index (κ3) is 5.90. The normalized spacial score (nSPS) is 18.3. The Morgan fingerprint density at radius 2 is 1.87 bits per heavy atom. The number of aryl methyl sites for hydroxylation is 1. The lowest BCUT2D eigenvalue weighted by atomic mass is 9.98. The maximum atomic E-state index is 12.7. The second kappa shape index (κ2) is 10.7. The SMILES string of the molecule is Cc1cc(C(=O)N2CCC(Cc3cncc(C(=O)N4CCCCC4)c3)C2)no1.O=CO. The van der Waals surface area contributed by atoms with E-state index in [0.717, 1.165) is 50.9 Å². The number of pyridine rings is 1. The lowest BCUT2D eigenvalue weighted by Crippen LogP contribution is -2.35. The molecule has 1 unspecified atom stereocenters. The molecule has 0 bridgehead atoms. The number of aromatic nitrogens is 2. The first-order valence-electron chi connectivity index (χ1n) is 10.6. The molecule has 2 saturated heterocycles. The molecule has 2 aliphatic heterocycles. The molecule has 0 radical (unpaired) electrons. The van der Waals surface area contributed by atoms with Crippen LogP contribution in [-0.2, 0) is 11.2 Å². The molecule has 2 aliphatic rings. The van der Waals surface area contributed by atoms with E-state index in [4.69, 9.17) is 14.4 Å². The number of carbonyl (C=O) groups is 3. The summed E-state index contributed by atoms with van der Waals surface area (Å²) in [6.45, 7) is 4.61. The Hall–Kier alpha value is -3.23. The highest BCUT2D eigenvalue weighted by atomic mass is 16.5. The van der Waals surface area contributed by atoms with Crippen LogP contribution in [0.1, 0.15) is 57.9 Å². The van der Waals surface area contributed by atoms with Crippen LogP contribution in [0.25, 0.3) is 0 Å². The van der Waals surface area contributed by atoms with Gasteiger partial charge in [-0.2, -0.15) is 0 Å². The van der Waals surface area contributed by atoms with E-state index in [-0.39, 0.29) is 18.3 Å². The van der Waals surface area contributed by atoms with E-state index in [9.17, 15) is 9.59 Å². The van der Waals surface area contributed by atoms with Crippen LogP contribution < -0.4 is 0 Å². The van der Waals surface area contributed by atoms with Gasteiger partial charge in [-0.1, -0.05) is 5.16 Å². The molecule has 4 rings (SSSR count). The van der Waals surface area contributed by atoms with Crippen LogP contribution in [0.3, 0.4) is 0 Å². The number of likely N-dealkylation sites (tertiary alicyclic amines) is 2. The van der Waals surface area contributed by atoms with Crippen LogP contribution in [-0.4, -0.2) is 69.5 Å². The number of amides is 2. The van der Waals surface area contributed by atoms with Gasteiger partial charge in [0.15, 0.2) is 5.69 Å². The van der Waals surface area contributed by atoms with Gasteiger partial charge in [0.05, 0.1) is 5.56 Å². The number of rotatable bonds is 4. The van der Waals surface area contributed by atoms with Crippen molar-refractivity contribution in [1.82, 2.24) is 19.9 Å². The molecule has 2 aromatic heterocycles. The van der Waals surface area contributed by atoms with E-state index >= 15 is 0 Å². The van der Waals surface area contributed by atoms with Crippen molar-refractivity contribution >= 4 is 18.3 Å². The third-order valence-corrected chi connectivity index (χ3v) is 5.63. The minimum absolute atomic E-state index is 0.0773. The molecule has 2 fully saturated rings. The smallest absolute Gasteiger partial charge is 0.290 e. The molecule has 0 aliphatic carbocycles. The number of carbonyl (C=O) groups excluding carboxylic acids is 2. The fourth-order valence-corrected chi connectivity index (χ4v) is 4.14. The topological polar surface area (TPSA) is 117 Å². The van der Waals surface area contributed by atoms with Gasteiger partial charge in [-0.3, -0.25) is 19.4 Å². The van der Waals surface area contributed by atoms with Crippen molar-refractivity contribution in [2.75, 3.05) is 26.2 Å². The minimum Gasteiger partial charge on any atom is -0.483 e. The van der Waals surface area contributed by atoms with Gasteiger partial charge in [0.2, 0.25) is 0 Å². The molecule has 2 aromatic rings. The third-order valence-electron chi connectivity index (χ3n) is 5.63. The molecule has 1 N–H and O–H groups in total. The fraction of sp³-hybridized carbons (Fsp3) is 0.500. The van der Waals surface area contributed by atoms with Crippen molar-refractivity contribution in [1.29, 1.82) is 0 Å². The van der Waals surface area contributed by atoms with E-state index in [1.807, 2.05) is 22.1 Å². The number of piperidine rings is 1. The highest BCUT2D eigenvalue weighted by Gasteiger charge is 2.29.